The van der Waals surface area contributed by atoms with Crippen molar-refractivity contribution in [3.8, 4) is 0 Å². The second kappa shape index (κ2) is 10.6. The van der Waals surface area contributed by atoms with E-state index in [4.69, 9.17) is 23.2 Å². The van der Waals surface area contributed by atoms with Crippen molar-refractivity contribution in [3.63, 3.8) is 0 Å². The number of fused-ring (bicyclic) bond motifs is 1. The van der Waals surface area contributed by atoms with Crippen LogP contribution in [0.2, 0.25) is 10.0 Å². The number of hydrogen-bond acceptors (Lipinski definition) is 5. The van der Waals surface area contributed by atoms with Crippen molar-refractivity contribution in [1.29, 1.82) is 0 Å². The summed E-state index contributed by atoms with van der Waals surface area (Å²) >= 11 is 11.8. The third-order valence-corrected chi connectivity index (χ3v) is 7.63. The van der Waals surface area contributed by atoms with E-state index >= 15 is 0 Å². The molecule has 198 valence electrons. The standard InChI is InChI=1S/C27H24Cl2F2N4O3/c28-16-7-10-22(32-12-16)27(38)20-3-1-2-4-21(20)35(26(27)37)14-15-5-8-18(9-6-15)34-25(36)19-11-17(29)13-33-23(19)24(30)31/h1-4,7,10-13,15,18,24,38H,5-6,8-9,14H2,(H,34,36)/t15-,18-,27?. The summed E-state index contributed by atoms with van der Waals surface area (Å²) in [4.78, 5) is 35.7. The monoisotopic (exact) mass is 560 g/mol. The van der Waals surface area contributed by atoms with Gasteiger partial charge in [0.1, 0.15) is 5.69 Å². The molecule has 1 atom stereocenters. The number of aliphatic hydroxyl groups is 1. The number of aromatic nitrogens is 2. The highest BCUT2D eigenvalue weighted by atomic mass is 35.5. The van der Waals surface area contributed by atoms with Crippen LogP contribution in [0.5, 0.6) is 0 Å². The van der Waals surface area contributed by atoms with Crippen LogP contribution in [-0.2, 0) is 10.4 Å². The molecule has 0 radical (unpaired) electrons. The van der Waals surface area contributed by atoms with Gasteiger partial charge in [0.25, 0.3) is 18.2 Å². The van der Waals surface area contributed by atoms with E-state index in [2.05, 4.69) is 15.3 Å². The number of halogens is 4. The smallest absolute Gasteiger partial charge is 0.281 e. The number of benzene rings is 1. The van der Waals surface area contributed by atoms with Crippen molar-refractivity contribution in [3.05, 3.63) is 87.4 Å². The van der Waals surface area contributed by atoms with Crippen molar-refractivity contribution in [2.24, 2.45) is 5.92 Å². The number of amides is 2. The molecule has 0 spiro atoms. The number of alkyl halides is 2. The van der Waals surface area contributed by atoms with Crippen LogP contribution in [0.3, 0.4) is 0 Å². The predicted molar refractivity (Wildman–Crippen MR) is 138 cm³/mol. The molecule has 2 aromatic heterocycles. The minimum atomic E-state index is -2.90. The van der Waals surface area contributed by atoms with Gasteiger partial charge in [0, 0.05) is 30.5 Å². The zero-order valence-corrected chi connectivity index (χ0v) is 21.6. The maximum Gasteiger partial charge on any atom is 0.281 e. The highest BCUT2D eigenvalue weighted by Crippen LogP contribution is 2.44. The van der Waals surface area contributed by atoms with Crippen molar-refractivity contribution in [2.75, 3.05) is 11.4 Å². The van der Waals surface area contributed by atoms with Gasteiger partial charge in [-0.3, -0.25) is 19.6 Å². The van der Waals surface area contributed by atoms with E-state index in [0.717, 1.165) is 6.20 Å². The fraction of sp³-hybridized carbons (Fsp3) is 0.333. The summed E-state index contributed by atoms with van der Waals surface area (Å²) < 4.78 is 26.6. The first-order chi connectivity index (χ1) is 18.2. The predicted octanol–water partition coefficient (Wildman–Crippen LogP) is 5.29. The van der Waals surface area contributed by atoms with Crippen LogP contribution in [0, 0.1) is 5.92 Å². The fourth-order valence-corrected chi connectivity index (χ4v) is 5.54. The van der Waals surface area contributed by atoms with Gasteiger partial charge in [0.05, 0.1) is 27.0 Å². The van der Waals surface area contributed by atoms with Crippen LogP contribution in [-0.4, -0.2) is 39.5 Å². The van der Waals surface area contributed by atoms with Gasteiger partial charge in [-0.05, 0) is 55.9 Å². The Kier molecular flexibility index (Phi) is 7.35. The molecule has 1 aromatic carbocycles. The molecule has 11 heteroatoms. The second-order valence-corrected chi connectivity index (χ2v) is 10.5. The zero-order valence-electron chi connectivity index (χ0n) is 20.1. The number of carbonyl (C=O) groups is 2. The number of pyridine rings is 2. The molecule has 1 saturated carbocycles. The summed E-state index contributed by atoms with van der Waals surface area (Å²) in [5.41, 5.74) is -1.46. The van der Waals surface area contributed by atoms with E-state index in [0.29, 0.717) is 48.5 Å². The van der Waals surface area contributed by atoms with Crippen LogP contribution in [0.1, 0.15) is 59.4 Å². The Balaban J connectivity index is 1.26. The lowest BCUT2D eigenvalue weighted by Crippen LogP contribution is -2.45. The van der Waals surface area contributed by atoms with E-state index in [9.17, 15) is 23.5 Å². The normalized spacial score (nSPS) is 23.0. The van der Waals surface area contributed by atoms with E-state index < -0.39 is 29.5 Å². The Hall–Kier alpha value is -3.14. The van der Waals surface area contributed by atoms with Crippen LogP contribution >= 0.6 is 23.2 Å². The fourth-order valence-electron chi connectivity index (χ4n) is 5.27. The Labute approximate surface area is 227 Å². The topological polar surface area (TPSA) is 95.4 Å². The average molecular weight is 561 g/mol. The van der Waals surface area contributed by atoms with E-state index in [-0.39, 0.29) is 28.2 Å². The number of para-hydroxylation sites is 1. The lowest BCUT2D eigenvalue weighted by atomic mass is 9.85. The SMILES string of the molecule is O=C(N[C@H]1CC[C@H](CN2C(=O)C(O)(c3ccc(Cl)cn3)c3ccccc32)CC1)c1cc(Cl)cnc1C(F)F. The molecule has 1 fully saturated rings. The first-order valence-electron chi connectivity index (χ1n) is 12.2. The number of nitrogens with zero attached hydrogens (tertiary/aromatic N) is 3. The summed E-state index contributed by atoms with van der Waals surface area (Å²) in [7, 11) is 0. The highest BCUT2D eigenvalue weighted by molar-refractivity contribution is 6.31. The molecule has 5 rings (SSSR count). The summed E-state index contributed by atoms with van der Waals surface area (Å²) in [5.74, 6) is -0.995. The first-order valence-corrected chi connectivity index (χ1v) is 12.9. The summed E-state index contributed by atoms with van der Waals surface area (Å²) in [6.07, 6.45) is 2.21. The molecule has 2 amide bonds. The molecular formula is C27H24Cl2F2N4O3. The van der Waals surface area contributed by atoms with Gasteiger partial charge in [0.15, 0.2) is 0 Å². The Morgan fingerprint density at radius 2 is 1.79 bits per heavy atom. The Morgan fingerprint density at radius 1 is 1.08 bits per heavy atom. The average Bonchev–Trinajstić information content (AvgIpc) is 3.12. The quantitative estimate of drug-likeness (QED) is 0.427. The van der Waals surface area contributed by atoms with Gasteiger partial charge < -0.3 is 15.3 Å². The maximum absolute atomic E-state index is 13.6. The molecule has 1 aliphatic carbocycles. The van der Waals surface area contributed by atoms with E-state index in [1.807, 2.05) is 6.07 Å². The minimum absolute atomic E-state index is 0.104. The van der Waals surface area contributed by atoms with Gasteiger partial charge in [-0.15, -0.1) is 0 Å². The van der Waals surface area contributed by atoms with Crippen molar-refractivity contribution in [1.82, 2.24) is 15.3 Å². The largest absolute Gasteiger partial charge is 0.370 e. The zero-order chi connectivity index (χ0) is 27.0. The van der Waals surface area contributed by atoms with Gasteiger partial charge in [-0.25, -0.2) is 8.78 Å². The van der Waals surface area contributed by atoms with Crippen molar-refractivity contribution < 1.29 is 23.5 Å². The van der Waals surface area contributed by atoms with Crippen LogP contribution in [0.4, 0.5) is 14.5 Å². The van der Waals surface area contributed by atoms with Gasteiger partial charge in [-0.1, -0.05) is 41.4 Å². The first kappa shape index (κ1) is 26.5. The summed E-state index contributed by atoms with van der Waals surface area (Å²) in [6.45, 7) is 0.389. The maximum atomic E-state index is 13.6. The number of rotatable bonds is 6. The molecule has 1 aliphatic heterocycles. The molecule has 38 heavy (non-hydrogen) atoms. The number of anilines is 1. The van der Waals surface area contributed by atoms with Crippen molar-refractivity contribution >= 4 is 40.7 Å². The molecule has 0 saturated heterocycles. The Morgan fingerprint density at radius 3 is 2.47 bits per heavy atom. The van der Waals surface area contributed by atoms with Crippen molar-refractivity contribution in [2.45, 2.75) is 43.8 Å². The van der Waals surface area contributed by atoms with Crippen LogP contribution in [0.25, 0.3) is 0 Å². The van der Waals surface area contributed by atoms with Gasteiger partial charge >= 0.3 is 0 Å². The molecule has 7 nitrogen and oxygen atoms in total. The molecule has 1 unspecified atom stereocenters. The molecule has 3 heterocycles. The van der Waals surface area contributed by atoms with E-state index in [1.54, 1.807) is 35.2 Å². The molecule has 3 aromatic rings. The Bertz CT molecular complexity index is 1370. The van der Waals surface area contributed by atoms with Crippen LogP contribution < -0.4 is 10.2 Å². The van der Waals surface area contributed by atoms with Crippen LogP contribution in [0.15, 0.2) is 54.9 Å². The minimum Gasteiger partial charge on any atom is -0.370 e. The second-order valence-electron chi connectivity index (χ2n) is 9.58. The number of nitrogens with one attached hydrogen (secondary N) is 1. The van der Waals surface area contributed by atoms with Gasteiger partial charge in [0.2, 0.25) is 5.60 Å². The lowest BCUT2D eigenvalue weighted by Gasteiger charge is -2.32. The summed E-state index contributed by atoms with van der Waals surface area (Å²) in [5, 5.41) is 14.9. The van der Waals surface area contributed by atoms with Gasteiger partial charge in [-0.2, -0.15) is 0 Å². The number of carbonyl (C=O) groups excluding carboxylic acids is 2. The lowest BCUT2D eigenvalue weighted by molar-refractivity contribution is -0.132. The molecular weight excluding hydrogens is 537 g/mol. The third-order valence-electron chi connectivity index (χ3n) is 7.20. The number of hydrogen-bond donors (Lipinski definition) is 2. The molecule has 2 N–H and O–H groups in total. The van der Waals surface area contributed by atoms with E-state index in [1.165, 1.54) is 12.3 Å². The molecule has 2 aliphatic rings. The summed E-state index contributed by atoms with van der Waals surface area (Å²) in [6, 6.07) is 11.2. The molecule has 0 bridgehead atoms. The highest BCUT2D eigenvalue weighted by Gasteiger charge is 2.52. The third kappa shape index (κ3) is 4.86.